The Labute approximate surface area is 228 Å². The van der Waals surface area contributed by atoms with Crippen LogP contribution in [0, 0.1) is 20.8 Å². The van der Waals surface area contributed by atoms with Crippen LogP contribution in [0.3, 0.4) is 0 Å². The van der Waals surface area contributed by atoms with Crippen LogP contribution in [0.4, 0.5) is 0 Å². The van der Waals surface area contributed by atoms with Crippen LogP contribution in [0.1, 0.15) is 87.4 Å². The van der Waals surface area contributed by atoms with E-state index in [0.717, 1.165) is 75.8 Å². The zero-order chi connectivity index (χ0) is 27.4. The van der Waals surface area contributed by atoms with Crippen LogP contribution < -0.4 is 0 Å². The van der Waals surface area contributed by atoms with E-state index in [4.69, 9.17) is 0 Å². The molecule has 0 aliphatic carbocycles. The highest BCUT2D eigenvalue weighted by Crippen LogP contribution is 2.46. The second-order valence-electron chi connectivity index (χ2n) is 11.1. The molecule has 2 aliphatic rings. The van der Waals surface area contributed by atoms with Crippen LogP contribution in [-0.2, 0) is 17.8 Å². The SMILES string of the molecule is CCn1nnc2c(C)c([C@H](CC(=O)O)c3ccc4c(c3)[C@@H]3CC[C@H](C4)N3C(=O)c3cc(C)ccc3C)ccc21. The van der Waals surface area contributed by atoms with E-state index >= 15 is 0 Å². The highest BCUT2D eigenvalue weighted by molar-refractivity contribution is 5.96. The van der Waals surface area contributed by atoms with E-state index in [1.165, 1.54) is 5.56 Å². The normalized spacial score (nSPS) is 18.8. The van der Waals surface area contributed by atoms with Crippen molar-refractivity contribution in [2.45, 2.75) is 77.9 Å². The van der Waals surface area contributed by atoms with Crippen molar-refractivity contribution in [1.82, 2.24) is 19.9 Å². The zero-order valence-corrected chi connectivity index (χ0v) is 22.9. The first-order valence-electron chi connectivity index (χ1n) is 13.8. The standard InChI is InChI=1S/C32H34N4O3/c1-5-35-29-13-11-24(20(4)31(29)33-34-35)26(17-30(37)38)22-9-8-21-15-23-10-12-28(27(21)16-22)36(23)32(39)25-14-18(2)6-7-19(25)3/h6-9,11,13-14,16,23,26,28H,5,10,12,15,17H2,1-4H3,(H,37,38)/t23-,26-,28+/m1/s1. The minimum atomic E-state index is -0.845. The third-order valence-corrected chi connectivity index (χ3v) is 8.78. The summed E-state index contributed by atoms with van der Waals surface area (Å²) < 4.78 is 1.86. The van der Waals surface area contributed by atoms with Gasteiger partial charge in [0.2, 0.25) is 0 Å². The summed E-state index contributed by atoms with van der Waals surface area (Å²) in [7, 11) is 0. The molecule has 2 aliphatic heterocycles. The fourth-order valence-electron chi connectivity index (χ4n) is 6.76. The first kappa shape index (κ1) is 25.3. The zero-order valence-electron chi connectivity index (χ0n) is 22.9. The second-order valence-corrected chi connectivity index (χ2v) is 11.1. The minimum absolute atomic E-state index is 0.00428. The molecule has 1 amide bonds. The van der Waals surface area contributed by atoms with Crippen molar-refractivity contribution in [1.29, 1.82) is 0 Å². The largest absolute Gasteiger partial charge is 0.481 e. The third-order valence-electron chi connectivity index (χ3n) is 8.78. The van der Waals surface area contributed by atoms with Crippen molar-refractivity contribution in [3.63, 3.8) is 0 Å². The summed E-state index contributed by atoms with van der Waals surface area (Å²) in [5.74, 6) is -1.07. The number of carboxylic acid groups (broad SMARTS) is 1. The molecule has 6 rings (SSSR count). The van der Waals surface area contributed by atoms with E-state index in [2.05, 4.69) is 33.4 Å². The maximum atomic E-state index is 13.9. The predicted octanol–water partition coefficient (Wildman–Crippen LogP) is 5.89. The Bertz CT molecular complexity index is 1620. The van der Waals surface area contributed by atoms with Gasteiger partial charge < -0.3 is 10.0 Å². The Hall–Kier alpha value is -4.00. The first-order chi connectivity index (χ1) is 18.8. The molecule has 1 aromatic heterocycles. The topological polar surface area (TPSA) is 88.3 Å². The summed E-state index contributed by atoms with van der Waals surface area (Å²) in [4.78, 5) is 28.0. The van der Waals surface area contributed by atoms with Crippen LogP contribution in [0.15, 0.2) is 48.5 Å². The number of hydrogen-bond acceptors (Lipinski definition) is 4. The molecular formula is C32H34N4O3. The van der Waals surface area contributed by atoms with Crippen LogP contribution in [-0.4, -0.2) is 42.9 Å². The van der Waals surface area contributed by atoms with Gasteiger partial charge in [0.15, 0.2) is 0 Å². The molecule has 39 heavy (non-hydrogen) atoms. The molecule has 7 nitrogen and oxygen atoms in total. The van der Waals surface area contributed by atoms with E-state index in [9.17, 15) is 14.7 Å². The Balaban J connectivity index is 1.41. The molecule has 0 radical (unpaired) electrons. The Morgan fingerprint density at radius 2 is 1.87 bits per heavy atom. The molecule has 200 valence electrons. The summed E-state index contributed by atoms with van der Waals surface area (Å²) in [6.45, 7) is 8.77. The number of carbonyl (C=O) groups excluding carboxylic acids is 1. The maximum absolute atomic E-state index is 13.9. The highest BCUT2D eigenvalue weighted by atomic mass is 16.4. The van der Waals surface area contributed by atoms with Gasteiger partial charge in [0.25, 0.3) is 5.91 Å². The van der Waals surface area contributed by atoms with E-state index in [-0.39, 0.29) is 30.3 Å². The lowest BCUT2D eigenvalue weighted by Crippen LogP contribution is -2.42. The molecule has 1 saturated heterocycles. The van der Waals surface area contributed by atoms with Crippen molar-refractivity contribution in [3.05, 3.63) is 93.0 Å². The van der Waals surface area contributed by atoms with Crippen molar-refractivity contribution in [2.75, 3.05) is 0 Å². The minimum Gasteiger partial charge on any atom is -0.481 e. The van der Waals surface area contributed by atoms with Gasteiger partial charge in [-0.3, -0.25) is 9.59 Å². The van der Waals surface area contributed by atoms with Crippen LogP contribution in [0.5, 0.6) is 0 Å². The van der Waals surface area contributed by atoms with Crippen LogP contribution in [0.25, 0.3) is 11.0 Å². The number of aromatic nitrogens is 3. The third kappa shape index (κ3) is 4.20. The number of hydrogen-bond donors (Lipinski definition) is 1. The second kappa shape index (κ2) is 9.63. The van der Waals surface area contributed by atoms with Gasteiger partial charge in [-0.15, -0.1) is 5.10 Å². The number of carboxylic acids is 1. The average molecular weight is 523 g/mol. The Kier molecular flexibility index (Phi) is 6.25. The fourth-order valence-corrected chi connectivity index (χ4v) is 6.76. The van der Waals surface area contributed by atoms with Gasteiger partial charge in [0.1, 0.15) is 5.52 Å². The monoisotopic (exact) mass is 522 g/mol. The smallest absolute Gasteiger partial charge is 0.304 e. The van der Waals surface area contributed by atoms with Crippen molar-refractivity contribution in [3.8, 4) is 0 Å². The fraction of sp³-hybridized carbons (Fsp3) is 0.375. The van der Waals surface area contributed by atoms with Crippen LogP contribution in [0.2, 0.25) is 0 Å². The lowest BCUT2D eigenvalue weighted by Gasteiger charge is -2.37. The van der Waals surface area contributed by atoms with E-state index in [1.54, 1.807) is 0 Å². The van der Waals surface area contributed by atoms with Gasteiger partial charge in [0, 0.05) is 24.1 Å². The van der Waals surface area contributed by atoms with Gasteiger partial charge in [-0.05, 0) is 92.5 Å². The molecule has 0 saturated carbocycles. The quantitative estimate of drug-likeness (QED) is 0.341. The van der Waals surface area contributed by atoms with Crippen LogP contribution >= 0.6 is 0 Å². The summed E-state index contributed by atoms with van der Waals surface area (Å²) >= 11 is 0. The molecule has 7 heteroatoms. The number of rotatable bonds is 6. The van der Waals surface area contributed by atoms with Crippen molar-refractivity contribution >= 4 is 22.9 Å². The van der Waals surface area contributed by atoms with Gasteiger partial charge in [-0.1, -0.05) is 47.2 Å². The molecule has 1 fully saturated rings. The summed E-state index contributed by atoms with van der Waals surface area (Å²) in [5, 5.41) is 18.6. The van der Waals surface area contributed by atoms with E-state index in [1.807, 2.05) is 62.7 Å². The number of fused-ring (bicyclic) bond motifs is 5. The first-order valence-corrected chi connectivity index (χ1v) is 13.8. The molecule has 4 aromatic rings. The molecule has 3 atom stereocenters. The predicted molar refractivity (Wildman–Crippen MR) is 150 cm³/mol. The van der Waals surface area contributed by atoms with Crippen molar-refractivity contribution < 1.29 is 14.7 Å². The van der Waals surface area contributed by atoms with Gasteiger partial charge in [0.05, 0.1) is 18.0 Å². The van der Waals surface area contributed by atoms with Crippen molar-refractivity contribution in [2.24, 2.45) is 0 Å². The maximum Gasteiger partial charge on any atom is 0.304 e. The summed E-state index contributed by atoms with van der Waals surface area (Å²) in [5.41, 5.74) is 9.93. The van der Waals surface area contributed by atoms with Gasteiger partial charge in [-0.2, -0.15) is 0 Å². The lowest BCUT2D eigenvalue weighted by molar-refractivity contribution is -0.137. The summed E-state index contributed by atoms with van der Waals surface area (Å²) in [6, 6.07) is 16.7. The van der Waals surface area contributed by atoms with E-state index < -0.39 is 5.97 Å². The molecule has 3 aromatic carbocycles. The van der Waals surface area contributed by atoms with Gasteiger partial charge in [-0.25, -0.2) is 4.68 Å². The number of benzene rings is 3. The molecule has 2 bridgehead atoms. The number of carbonyl (C=O) groups is 2. The Morgan fingerprint density at radius 3 is 2.64 bits per heavy atom. The molecule has 3 heterocycles. The molecule has 0 unspecified atom stereocenters. The number of amides is 1. The summed E-state index contributed by atoms with van der Waals surface area (Å²) in [6.07, 6.45) is 2.71. The molecular weight excluding hydrogens is 488 g/mol. The average Bonchev–Trinajstić information content (AvgIpc) is 3.49. The number of nitrogens with zero attached hydrogens (tertiary/aromatic N) is 4. The molecule has 1 N–H and O–H groups in total. The Morgan fingerprint density at radius 1 is 1.05 bits per heavy atom. The van der Waals surface area contributed by atoms with Gasteiger partial charge >= 0.3 is 5.97 Å². The molecule has 0 spiro atoms. The number of aryl methyl sites for hydroxylation is 4. The highest BCUT2D eigenvalue weighted by Gasteiger charge is 2.43. The lowest BCUT2D eigenvalue weighted by atomic mass is 9.82. The van der Waals surface area contributed by atoms with E-state index in [0.29, 0.717) is 0 Å². The number of aliphatic carboxylic acids is 1.